The third-order valence-corrected chi connectivity index (χ3v) is 13.1. The maximum Gasteiger partial charge on any atom is -0.00201 e. The van der Waals surface area contributed by atoms with Gasteiger partial charge in [-0.15, -0.1) is 0 Å². The van der Waals surface area contributed by atoms with Crippen LogP contribution in [0.5, 0.6) is 0 Å². The zero-order valence-electron chi connectivity index (χ0n) is 32.3. The molecule has 2 aliphatic rings. The molecule has 11 aromatic carbocycles. The zero-order chi connectivity index (χ0) is 38.2. The highest BCUT2D eigenvalue weighted by atomic mass is 14.3. The third kappa shape index (κ3) is 4.35. The zero-order valence-corrected chi connectivity index (χ0v) is 32.3. The smallest absolute Gasteiger partial charge is 0.00201 e. The fourth-order valence-corrected chi connectivity index (χ4v) is 10.7. The van der Waals surface area contributed by atoms with E-state index in [9.17, 15) is 0 Å². The Morgan fingerprint density at radius 2 is 0.621 bits per heavy atom. The number of rotatable bonds is 3. The molecule has 0 radical (unpaired) electrons. The predicted molar refractivity (Wildman–Crippen MR) is 249 cm³/mol. The van der Waals surface area contributed by atoms with Gasteiger partial charge in [0.2, 0.25) is 0 Å². The van der Waals surface area contributed by atoms with Crippen molar-refractivity contribution in [2.24, 2.45) is 0 Å². The second kappa shape index (κ2) is 11.6. The van der Waals surface area contributed by atoms with Crippen molar-refractivity contribution in [2.75, 3.05) is 0 Å². The van der Waals surface area contributed by atoms with Gasteiger partial charge in [-0.3, -0.25) is 0 Å². The summed E-state index contributed by atoms with van der Waals surface area (Å²) in [4.78, 5) is 0. The summed E-state index contributed by atoms with van der Waals surface area (Å²) in [6.45, 7) is 4.46. The van der Waals surface area contributed by atoms with E-state index in [-0.39, 0.29) is 0 Å². The summed E-state index contributed by atoms with van der Waals surface area (Å²) in [6.07, 6.45) is 0. The number of fused-ring (bicyclic) bond motifs is 11. The SMILES string of the molecule is Cc1cc2c3c(cc(C)cc3c1)-c1cc3c(cc1-2)c(-c1ccccc1)cc1c2cc4c(cc2c(-c2ccccc2)cc31)-c1ccc(-c2ccccc2)c2cccc-4c12. The highest BCUT2D eigenvalue weighted by molar-refractivity contribution is 6.29. The molecule has 0 fully saturated rings. The Kier molecular flexibility index (Phi) is 6.39. The number of hydrogen-bond donors (Lipinski definition) is 0. The summed E-state index contributed by atoms with van der Waals surface area (Å²) in [5, 5.41) is 13.1. The molecule has 0 nitrogen and oxygen atoms in total. The van der Waals surface area contributed by atoms with Gasteiger partial charge in [0.15, 0.2) is 0 Å². The highest BCUT2D eigenvalue weighted by Crippen LogP contribution is 2.55. The van der Waals surface area contributed by atoms with E-state index in [4.69, 9.17) is 0 Å². The normalized spacial score (nSPS) is 12.3. The fraction of sp³-hybridized carbons (Fsp3) is 0.0345. The van der Waals surface area contributed by atoms with Crippen LogP contribution in [-0.4, -0.2) is 0 Å². The molecule has 268 valence electrons. The van der Waals surface area contributed by atoms with E-state index in [1.807, 2.05) is 0 Å². The predicted octanol–water partition coefficient (Wildman–Crippen LogP) is 16.4. The molecule has 2 aliphatic carbocycles. The van der Waals surface area contributed by atoms with E-state index in [0.717, 1.165) is 0 Å². The van der Waals surface area contributed by atoms with Crippen molar-refractivity contribution >= 4 is 53.9 Å². The van der Waals surface area contributed by atoms with Crippen LogP contribution < -0.4 is 0 Å². The van der Waals surface area contributed by atoms with Gasteiger partial charge in [-0.25, -0.2) is 0 Å². The topological polar surface area (TPSA) is 0 Å². The molecule has 0 aliphatic heterocycles. The number of hydrogen-bond acceptors (Lipinski definition) is 0. The Labute approximate surface area is 337 Å². The van der Waals surface area contributed by atoms with Crippen molar-refractivity contribution in [3.05, 3.63) is 193 Å². The molecule has 0 bridgehead atoms. The van der Waals surface area contributed by atoms with E-state index in [2.05, 4.69) is 196 Å². The molecular weight excluding hydrogens is 697 g/mol. The molecule has 0 saturated heterocycles. The van der Waals surface area contributed by atoms with Crippen molar-refractivity contribution in [1.29, 1.82) is 0 Å². The van der Waals surface area contributed by atoms with Gasteiger partial charge in [0.05, 0.1) is 0 Å². The first-order valence-corrected chi connectivity index (χ1v) is 20.4. The minimum Gasteiger partial charge on any atom is -0.0622 e. The lowest BCUT2D eigenvalue weighted by molar-refractivity contribution is 1.48. The van der Waals surface area contributed by atoms with Crippen LogP contribution >= 0.6 is 0 Å². The largest absolute Gasteiger partial charge is 0.0622 e. The van der Waals surface area contributed by atoms with Crippen LogP contribution in [0.4, 0.5) is 0 Å². The average molecular weight is 733 g/mol. The minimum atomic E-state index is 1.24. The summed E-state index contributed by atoms with van der Waals surface area (Å²) >= 11 is 0. The standard InChI is InChI=1S/C58H36/c1-33-23-38-24-34(2)26-56-54-32-52-48(31-53(54)55(25-33)57(38)56)44(37-17-10-5-11-18-37)28-49-50(52)27-43(36-15-8-4-9-16-36)47-29-46-42-22-21-39(35-13-6-3-7-14-35)40-19-12-20-41(58(40)42)45(46)30-51(47)49/h3-32H,1-2H3. The summed E-state index contributed by atoms with van der Waals surface area (Å²) in [6, 6.07) is 69.0. The van der Waals surface area contributed by atoms with Crippen LogP contribution in [0.25, 0.3) is 132 Å². The van der Waals surface area contributed by atoms with Crippen LogP contribution in [0.1, 0.15) is 11.1 Å². The average Bonchev–Trinajstić information content (AvgIpc) is 3.74. The van der Waals surface area contributed by atoms with Crippen molar-refractivity contribution in [1.82, 2.24) is 0 Å². The first-order chi connectivity index (χ1) is 28.6. The molecule has 0 spiro atoms. The Morgan fingerprint density at radius 1 is 0.224 bits per heavy atom. The van der Waals surface area contributed by atoms with Crippen molar-refractivity contribution < 1.29 is 0 Å². The number of benzene rings is 11. The second-order valence-corrected chi connectivity index (χ2v) is 16.5. The van der Waals surface area contributed by atoms with Gasteiger partial charge >= 0.3 is 0 Å². The Hall–Kier alpha value is -7.28. The molecule has 0 aromatic heterocycles. The van der Waals surface area contributed by atoms with Gasteiger partial charge in [0.1, 0.15) is 0 Å². The Balaban J connectivity index is 1.17. The van der Waals surface area contributed by atoms with Crippen molar-refractivity contribution in [2.45, 2.75) is 13.8 Å². The van der Waals surface area contributed by atoms with Crippen LogP contribution in [0.2, 0.25) is 0 Å². The first kappa shape index (κ1) is 31.9. The lowest BCUT2D eigenvalue weighted by Gasteiger charge is -2.19. The van der Waals surface area contributed by atoms with Crippen LogP contribution in [-0.2, 0) is 0 Å². The van der Waals surface area contributed by atoms with E-state index in [0.29, 0.717) is 0 Å². The second-order valence-electron chi connectivity index (χ2n) is 16.5. The van der Waals surface area contributed by atoms with Gasteiger partial charge in [0, 0.05) is 0 Å². The summed E-state index contributed by atoms with van der Waals surface area (Å²) in [5.41, 5.74) is 20.8. The molecule has 0 saturated carbocycles. The van der Waals surface area contributed by atoms with Gasteiger partial charge in [-0.1, -0.05) is 146 Å². The monoisotopic (exact) mass is 732 g/mol. The van der Waals surface area contributed by atoms with Gasteiger partial charge in [0.25, 0.3) is 0 Å². The van der Waals surface area contributed by atoms with Crippen molar-refractivity contribution in [3.8, 4) is 77.9 Å². The lowest BCUT2D eigenvalue weighted by atomic mass is 9.84. The van der Waals surface area contributed by atoms with Crippen LogP contribution in [0, 0.1) is 13.8 Å². The summed E-state index contributed by atoms with van der Waals surface area (Å²) in [7, 11) is 0. The molecule has 0 atom stereocenters. The van der Waals surface area contributed by atoms with Crippen LogP contribution in [0.15, 0.2) is 182 Å². The lowest BCUT2D eigenvalue weighted by Crippen LogP contribution is -1.91. The third-order valence-electron chi connectivity index (χ3n) is 13.1. The van der Waals surface area contributed by atoms with E-state index in [1.54, 1.807) is 0 Å². The molecule has 11 aromatic rings. The quantitative estimate of drug-likeness (QED) is 0.159. The van der Waals surface area contributed by atoms with Crippen molar-refractivity contribution in [3.63, 3.8) is 0 Å². The molecule has 0 heterocycles. The van der Waals surface area contributed by atoms with Crippen LogP contribution in [0.3, 0.4) is 0 Å². The minimum absolute atomic E-state index is 1.24. The van der Waals surface area contributed by atoms with Gasteiger partial charge in [-0.05, 0) is 193 Å². The molecular formula is C58H36. The Bertz CT molecular complexity index is 3590. The highest BCUT2D eigenvalue weighted by Gasteiger charge is 2.27. The Morgan fingerprint density at radius 3 is 1.14 bits per heavy atom. The summed E-state index contributed by atoms with van der Waals surface area (Å²) < 4.78 is 0. The molecule has 58 heavy (non-hydrogen) atoms. The molecule has 0 N–H and O–H groups in total. The maximum atomic E-state index is 2.53. The molecule has 0 heteroatoms. The fourth-order valence-electron chi connectivity index (χ4n) is 10.7. The molecule has 0 amide bonds. The van der Waals surface area contributed by atoms with E-state index >= 15 is 0 Å². The van der Waals surface area contributed by atoms with E-state index in [1.165, 1.54) is 143 Å². The molecule has 0 unspecified atom stereocenters. The van der Waals surface area contributed by atoms with E-state index < -0.39 is 0 Å². The number of aryl methyl sites for hydroxylation is 2. The van der Waals surface area contributed by atoms with Gasteiger partial charge < -0.3 is 0 Å². The maximum absolute atomic E-state index is 2.53. The summed E-state index contributed by atoms with van der Waals surface area (Å²) in [5.74, 6) is 0. The first-order valence-electron chi connectivity index (χ1n) is 20.4. The molecule has 13 rings (SSSR count). The van der Waals surface area contributed by atoms with Gasteiger partial charge in [-0.2, -0.15) is 0 Å².